The van der Waals surface area contributed by atoms with Crippen LogP contribution >= 0.6 is 0 Å². The summed E-state index contributed by atoms with van der Waals surface area (Å²) in [6.45, 7) is 2.78. The lowest BCUT2D eigenvalue weighted by atomic mass is 10.3. The summed E-state index contributed by atoms with van der Waals surface area (Å²) < 4.78 is 5.41. The Kier molecular flexibility index (Phi) is 5.96. The van der Waals surface area contributed by atoms with E-state index in [1.165, 1.54) is 0 Å². The van der Waals surface area contributed by atoms with Crippen molar-refractivity contribution in [3.05, 3.63) is 24.3 Å². The first-order valence-corrected chi connectivity index (χ1v) is 7.66. The van der Waals surface area contributed by atoms with Crippen molar-refractivity contribution in [3.63, 3.8) is 0 Å². The van der Waals surface area contributed by atoms with Crippen LogP contribution in [0.2, 0.25) is 0 Å². The number of nitrogens with one attached hydrogen (secondary N) is 2. The number of ether oxygens (including phenoxy) is 1. The minimum atomic E-state index is -0.376. The van der Waals surface area contributed by atoms with Gasteiger partial charge in [-0.25, -0.2) is 0 Å². The lowest BCUT2D eigenvalue weighted by molar-refractivity contribution is -0.127. The van der Waals surface area contributed by atoms with Gasteiger partial charge in [-0.05, 0) is 25.5 Å². The van der Waals surface area contributed by atoms with E-state index in [1.807, 2.05) is 6.07 Å². The Labute approximate surface area is 135 Å². The SMILES string of the molecule is CCNC(=O)CNC(=O)COc1cccc(N2CCCC2=O)c1. The van der Waals surface area contributed by atoms with Crippen molar-refractivity contribution in [2.45, 2.75) is 19.8 Å². The zero-order chi connectivity index (χ0) is 16.7. The molecule has 0 bridgehead atoms. The largest absolute Gasteiger partial charge is 0.484 e. The number of hydrogen-bond donors (Lipinski definition) is 2. The van der Waals surface area contributed by atoms with E-state index in [9.17, 15) is 14.4 Å². The molecule has 23 heavy (non-hydrogen) atoms. The molecule has 124 valence electrons. The second kappa shape index (κ2) is 8.17. The van der Waals surface area contributed by atoms with Gasteiger partial charge >= 0.3 is 0 Å². The fourth-order valence-electron chi connectivity index (χ4n) is 2.30. The predicted molar refractivity (Wildman–Crippen MR) is 85.2 cm³/mol. The zero-order valence-electron chi connectivity index (χ0n) is 13.1. The van der Waals surface area contributed by atoms with E-state index in [-0.39, 0.29) is 30.9 Å². The van der Waals surface area contributed by atoms with Crippen LogP contribution in [0.15, 0.2) is 24.3 Å². The van der Waals surface area contributed by atoms with Crippen molar-refractivity contribution in [1.29, 1.82) is 0 Å². The maximum absolute atomic E-state index is 11.7. The standard InChI is InChI=1S/C16H21N3O4/c1-2-17-14(20)10-18-15(21)11-23-13-6-3-5-12(9-13)19-8-4-7-16(19)22/h3,5-6,9H,2,4,7-8,10-11H2,1H3,(H,17,20)(H,18,21). The average Bonchev–Trinajstić information content (AvgIpc) is 2.97. The first-order chi connectivity index (χ1) is 11.1. The summed E-state index contributed by atoms with van der Waals surface area (Å²) in [4.78, 5) is 36.3. The highest BCUT2D eigenvalue weighted by atomic mass is 16.5. The Morgan fingerprint density at radius 1 is 1.26 bits per heavy atom. The summed E-state index contributed by atoms with van der Waals surface area (Å²) in [5, 5.41) is 5.06. The molecule has 0 spiro atoms. The van der Waals surface area contributed by atoms with Crippen LogP contribution in [0.25, 0.3) is 0 Å². The topological polar surface area (TPSA) is 87.7 Å². The van der Waals surface area contributed by atoms with Gasteiger partial charge in [0.25, 0.3) is 5.91 Å². The van der Waals surface area contributed by atoms with Gasteiger partial charge in [0.1, 0.15) is 5.75 Å². The minimum absolute atomic E-state index is 0.0711. The van der Waals surface area contributed by atoms with Gasteiger partial charge in [0.15, 0.2) is 6.61 Å². The second-order valence-electron chi connectivity index (χ2n) is 5.17. The van der Waals surface area contributed by atoms with Gasteiger partial charge in [-0.3, -0.25) is 14.4 Å². The summed E-state index contributed by atoms with van der Waals surface area (Å²) in [5.41, 5.74) is 0.771. The molecular weight excluding hydrogens is 298 g/mol. The van der Waals surface area contributed by atoms with Crippen molar-refractivity contribution < 1.29 is 19.1 Å². The van der Waals surface area contributed by atoms with Gasteiger partial charge in [-0.15, -0.1) is 0 Å². The summed E-state index contributed by atoms with van der Waals surface area (Å²) >= 11 is 0. The molecule has 1 aliphatic rings. The van der Waals surface area contributed by atoms with Gasteiger partial charge in [0.05, 0.1) is 6.54 Å². The van der Waals surface area contributed by atoms with E-state index >= 15 is 0 Å². The van der Waals surface area contributed by atoms with E-state index in [0.29, 0.717) is 25.3 Å². The molecule has 7 nitrogen and oxygen atoms in total. The number of likely N-dealkylation sites (N-methyl/N-ethyl adjacent to an activating group) is 1. The summed E-state index contributed by atoms with van der Waals surface area (Å²) in [7, 11) is 0. The molecule has 0 unspecified atom stereocenters. The smallest absolute Gasteiger partial charge is 0.258 e. The highest BCUT2D eigenvalue weighted by Crippen LogP contribution is 2.25. The van der Waals surface area contributed by atoms with Crippen molar-refractivity contribution in [2.75, 3.05) is 31.1 Å². The van der Waals surface area contributed by atoms with Crippen LogP contribution in [0.1, 0.15) is 19.8 Å². The van der Waals surface area contributed by atoms with Crippen molar-refractivity contribution in [1.82, 2.24) is 10.6 Å². The number of carbonyl (C=O) groups is 3. The van der Waals surface area contributed by atoms with Gasteiger partial charge in [-0.2, -0.15) is 0 Å². The third kappa shape index (κ3) is 4.98. The van der Waals surface area contributed by atoms with Crippen LogP contribution in [-0.2, 0) is 14.4 Å². The number of hydrogen-bond acceptors (Lipinski definition) is 4. The Morgan fingerprint density at radius 3 is 2.78 bits per heavy atom. The van der Waals surface area contributed by atoms with Crippen LogP contribution in [-0.4, -0.2) is 44.0 Å². The highest BCUT2D eigenvalue weighted by Gasteiger charge is 2.21. The molecule has 1 aromatic rings. The van der Waals surface area contributed by atoms with Crippen molar-refractivity contribution in [2.24, 2.45) is 0 Å². The van der Waals surface area contributed by atoms with Crippen LogP contribution in [0.5, 0.6) is 5.75 Å². The first kappa shape index (κ1) is 16.8. The monoisotopic (exact) mass is 319 g/mol. The summed E-state index contributed by atoms with van der Waals surface area (Å²) in [5.74, 6) is -0.00788. The predicted octanol–water partition coefficient (Wildman–Crippen LogP) is 0.445. The minimum Gasteiger partial charge on any atom is -0.484 e. The van der Waals surface area contributed by atoms with Crippen molar-refractivity contribution >= 4 is 23.4 Å². The fraction of sp³-hybridized carbons (Fsp3) is 0.438. The van der Waals surface area contributed by atoms with E-state index in [4.69, 9.17) is 4.74 Å². The van der Waals surface area contributed by atoms with Crippen molar-refractivity contribution in [3.8, 4) is 5.75 Å². The van der Waals surface area contributed by atoms with E-state index in [1.54, 1.807) is 30.0 Å². The molecule has 0 aromatic heterocycles. The van der Waals surface area contributed by atoms with Crippen LogP contribution < -0.4 is 20.3 Å². The molecule has 0 saturated carbocycles. The number of benzene rings is 1. The number of anilines is 1. The summed E-state index contributed by atoms with van der Waals surface area (Å²) in [6, 6.07) is 7.08. The highest BCUT2D eigenvalue weighted by molar-refractivity contribution is 5.95. The first-order valence-electron chi connectivity index (χ1n) is 7.66. The van der Waals surface area contributed by atoms with E-state index < -0.39 is 0 Å². The molecule has 0 aliphatic carbocycles. The third-order valence-electron chi connectivity index (χ3n) is 3.39. The summed E-state index contributed by atoms with van der Waals surface area (Å²) in [6.07, 6.45) is 1.42. The normalized spacial score (nSPS) is 13.8. The Bertz CT molecular complexity index is 588. The fourth-order valence-corrected chi connectivity index (χ4v) is 2.30. The van der Waals surface area contributed by atoms with Crippen LogP contribution in [0.4, 0.5) is 5.69 Å². The maximum atomic E-state index is 11.7. The molecule has 0 radical (unpaired) electrons. The van der Waals surface area contributed by atoms with Crippen LogP contribution in [0, 0.1) is 0 Å². The lowest BCUT2D eigenvalue weighted by Gasteiger charge is -2.16. The molecule has 0 atom stereocenters. The van der Waals surface area contributed by atoms with E-state index in [0.717, 1.165) is 12.1 Å². The quantitative estimate of drug-likeness (QED) is 0.763. The molecule has 2 N–H and O–H groups in total. The molecule has 7 heteroatoms. The van der Waals surface area contributed by atoms with Gasteiger partial charge in [-0.1, -0.05) is 6.07 Å². The third-order valence-corrected chi connectivity index (χ3v) is 3.39. The molecule has 1 saturated heterocycles. The van der Waals surface area contributed by atoms with Crippen LogP contribution in [0.3, 0.4) is 0 Å². The average molecular weight is 319 g/mol. The van der Waals surface area contributed by atoms with E-state index in [2.05, 4.69) is 10.6 Å². The molecule has 2 rings (SSSR count). The molecule has 1 heterocycles. The van der Waals surface area contributed by atoms with Gasteiger partial charge in [0, 0.05) is 31.3 Å². The second-order valence-corrected chi connectivity index (χ2v) is 5.17. The molecule has 1 aliphatic heterocycles. The Hall–Kier alpha value is -2.57. The molecule has 1 fully saturated rings. The number of carbonyl (C=O) groups excluding carboxylic acids is 3. The number of amides is 3. The number of rotatable bonds is 7. The van der Waals surface area contributed by atoms with Gasteiger partial charge < -0.3 is 20.3 Å². The number of nitrogens with zero attached hydrogens (tertiary/aromatic N) is 1. The lowest BCUT2D eigenvalue weighted by Crippen LogP contribution is -2.38. The zero-order valence-corrected chi connectivity index (χ0v) is 13.1. The molecule has 1 aromatic carbocycles. The molecular formula is C16H21N3O4. The molecule has 3 amide bonds. The Morgan fingerprint density at radius 2 is 2.09 bits per heavy atom. The Balaban J connectivity index is 1.82. The maximum Gasteiger partial charge on any atom is 0.258 e. The van der Waals surface area contributed by atoms with Gasteiger partial charge in [0.2, 0.25) is 11.8 Å².